The minimum Gasteiger partial charge on any atom is -0.493 e. The van der Waals surface area contributed by atoms with Gasteiger partial charge in [-0.05, 0) is 6.07 Å². The average Bonchev–Trinajstić information content (AvgIpc) is 2.37. The summed E-state index contributed by atoms with van der Waals surface area (Å²) in [4.78, 5) is 10.7. The zero-order valence-corrected chi connectivity index (χ0v) is 11.4. The van der Waals surface area contributed by atoms with Gasteiger partial charge >= 0.3 is 0 Å². The molecule has 0 atom stereocenters. The van der Waals surface area contributed by atoms with Crippen LogP contribution in [0.15, 0.2) is 22.3 Å². The van der Waals surface area contributed by atoms with Crippen molar-refractivity contribution in [3.63, 3.8) is 0 Å². The number of amides is 1. The van der Waals surface area contributed by atoms with E-state index in [0.29, 0.717) is 16.3 Å². The normalized spacial score (nSPS) is 10.3. The Hall–Kier alpha value is -2.48. The lowest BCUT2D eigenvalue weighted by Gasteiger charge is -2.11. The molecule has 0 aliphatic rings. The molecule has 0 aliphatic heterocycles. The first kappa shape index (κ1) is 15.6. The summed E-state index contributed by atoms with van der Waals surface area (Å²) in [6, 6.07) is 3.03. The number of carbonyl (C=O) groups is 1. The van der Waals surface area contributed by atoms with Crippen LogP contribution in [0.4, 0.5) is 0 Å². The number of ether oxygens (including phenoxy) is 2. The molecule has 0 unspecified atom stereocenters. The molecular weight excluding hydrogens is 286 g/mol. The molecule has 0 heterocycles. The molecule has 0 aromatic heterocycles. The van der Waals surface area contributed by atoms with Crippen LogP contribution >= 0.6 is 11.6 Å². The van der Waals surface area contributed by atoms with Crippen LogP contribution in [-0.4, -0.2) is 31.8 Å². The quantitative estimate of drug-likeness (QED) is 0.380. The van der Waals surface area contributed by atoms with E-state index in [4.69, 9.17) is 38.3 Å². The third kappa shape index (κ3) is 4.65. The van der Waals surface area contributed by atoms with Gasteiger partial charge in [0.1, 0.15) is 0 Å². The van der Waals surface area contributed by atoms with Gasteiger partial charge in [-0.1, -0.05) is 11.6 Å². The maximum atomic E-state index is 10.7. The van der Waals surface area contributed by atoms with Crippen LogP contribution in [0.5, 0.6) is 11.5 Å². The topological polar surface area (TPSA) is 138 Å². The zero-order valence-electron chi connectivity index (χ0n) is 10.7. The molecule has 6 N–H and O–H groups in total. The monoisotopic (exact) mass is 299 g/mol. The van der Waals surface area contributed by atoms with Crippen molar-refractivity contribution in [2.45, 2.75) is 0 Å². The van der Waals surface area contributed by atoms with Crippen molar-refractivity contribution in [2.75, 3.05) is 13.7 Å². The first-order chi connectivity index (χ1) is 9.43. The fourth-order valence-electron chi connectivity index (χ4n) is 1.23. The summed E-state index contributed by atoms with van der Waals surface area (Å²) >= 11 is 6.04. The van der Waals surface area contributed by atoms with Crippen LogP contribution in [0.3, 0.4) is 0 Å². The van der Waals surface area contributed by atoms with E-state index in [0.717, 1.165) is 0 Å². The number of hydrogen-bond donors (Lipinski definition) is 3. The number of primary amides is 1. The molecule has 108 valence electrons. The van der Waals surface area contributed by atoms with Crippen molar-refractivity contribution in [1.29, 1.82) is 0 Å². The molecule has 0 radical (unpaired) electrons. The third-order valence-corrected chi connectivity index (χ3v) is 2.35. The zero-order chi connectivity index (χ0) is 15.1. The smallest absolute Gasteiger partial charge is 0.255 e. The number of hydrogen-bond acceptors (Lipinski definition) is 5. The average molecular weight is 300 g/mol. The predicted octanol–water partition coefficient (Wildman–Crippen LogP) is -0.180. The summed E-state index contributed by atoms with van der Waals surface area (Å²) in [5.41, 5.74) is 15.8. The molecule has 0 saturated heterocycles. The van der Waals surface area contributed by atoms with Crippen LogP contribution in [0.1, 0.15) is 5.56 Å². The van der Waals surface area contributed by atoms with Gasteiger partial charge < -0.3 is 26.7 Å². The number of guanidine groups is 1. The Kier molecular flexibility index (Phi) is 5.60. The molecule has 1 aromatic rings. The van der Waals surface area contributed by atoms with Gasteiger partial charge in [0.25, 0.3) is 5.91 Å². The highest BCUT2D eigenvalue weighted by Gasteiger charge is 2.10. The molecule has 1 rings (SSSR count). The number of benzene rings is 1. The van der Waals surface area contributed by atoms with E-state index in [-0.39, 0.29) is 18.3 Å². The van der Waals surface area contributed by atoms with Gasteiger partial charge in [0.2, 0.25) is 5.96 Å². The minimum atomic E-state index is -0.610. The van der Waals surface area contributed by atoms with Crippen molar-refractivity contribution in [1.82, 2.24) is 0 Å². The second kappa shape index (κ2) is 7.19. The standard InChI is InChI=1S/C11H14ClN5O3/c1-19-8-2-6(4-16-17-11(14)15)7(12)3-9(8)20-5-10(13)18/h2-4H,5H2,1H3,(H2,13,18)(H4,14,15,17). The lowest BCUT2D eigenvalue weighted by molar-refractivity contribution is -0.119. The largest absolute Gasteiger partial charge is 0.493 e. The van der Waals surface area contributed by atoms with Gasteiger partial charge in [0.15, 0.2) is 18.1 Å². The predicted molar refractivity (Wildman–Crippen MR) is 76.1 cm³/mol. The molecule has 0 bridgehead atoms. The number of nitrogens with two attached hydrogens (primary N) is 3. The van der Waals surface area contributed by atoms with E-state index in [9.17, 15) is 4.79 Å². The number of halogens is 1. The van der Waals surface area contributed by atoms with Crippen molar-refractivity contribution in [3.8, 4) is 11.5 Å². The van der Waals surface area contributed by atoms with E-state index in [1.165, 1.54) is 19.4 Å². The molecule has 1 aromatic carbocycles. The Labute approximate surface area is 120 Å². The number of rotatable bonds is 6. The summed E-state index contributed by atoms with van der Waals surface area (Å²) in [5, 5.41) is 7.41. The first-order valence-electron chi connectivity index (χ1n) is 5.34. The fourth-order valence-corrected chi connectivity index (χ4v) is 1.43. The van der Waals surface area contributed by atoms with Crippen LogP contribution in [0.25, 0.3) is 0 Å². The number of carbonyl (C=O) groups excluding carboxylic acids is 1. The van der Waals surface area contributed by atoms with Crippen LogP contribution < -0.4 is 26.7 Å². The van der Waals surface area contributed by atoms with E-state index in [1.54, 1.807) is 6.07 Å². The molecule has 1 amide bonds. The summed E-state index contributed by atoms with van der Waals surface area (Å²) < 4.78 is 10.3. The highest BCUT2D eigenvalue weighted by molar-refractivity contribution is 6.33. The Morgan fingerprint density at radius 2 is 2.05 bits per heavy atom. The maximum Gasteiger partial charge on any atom is 0.255 e. The number of methoxy groups -OCH3 is 1. The third-order valence-electron chi connectivity index (χ3n) is 2.02. The summed E-state index contributed by atoms with van der Waals surface area (Å²) in [6.07, 6.45) is 1.35. The van der Waals surface area contributed by atoms with E-state index in [1.807, 2.05) is 0 Å². The van der Waals surface area contributed by atoms with Crippen LogP contribution in [-0.2, 0) is 4.79 Å². The van der Waals surface area contributed by atoms with Gasteiger partial charge in [-0.3, -0.25) is 4.79 Å². The summed E-state index contributed by atoms with van der Waals surface area (Å²) in [7, 11) is 1.44. The SMILES string of the molecule is COc1cc(C=NN=C(N)N)c(Cl)cc1OCC(N)=O. The maximum absolute atomic E-state index is 10.7. The van der Waals surface area contributed by atoms with E-state index >= 15 is 0 Å². The van der Waals surface area contributed by atoms with Crippen molar-refractivity contribution in [2.24, 2.45) is 27.4 Å². The van der Waals surface area contributed by atoms with E-state index in [2.05, 4.69) is 10.2 Å². The lowest BCUT2D eigenvalue weighted by atomic mass is 10.2. The molecule has 0 saturated carbocycles. The Morgan fingerprint density at radius 3 is 2.60 bits per heavy atom. The molecule has 0 fully saturated rings. The van der Waals surface area contributed by atoms with Crippen molar-refractivity contribution in [3.05, 3.63) is 22.7 Å². The first-order valence-corrected chi connectivity index (χ1v) is 5.72. The van der Waals surface area contributed by atoms with Gasteiger partial charge in [-0.15, -0.1) is 5.10 Å². The van der Waals surface area contributed by atoms with Gasteiger partial charge in [-0.2, -0.15) is 5.10 Å². The molecule has 8 nitrogen and oxygen atoms in total. The molecule has 20 heavy (non-hydrogen) atoms. The van der Waals surface area contributed by atoms with Gasteiger partial charge in [-0.25, -0.2) is 0 Å². The van der Waals surface area contributed by atoms with Crippen molar-refractivity contribution < 1.29 is 14.3 Å². The van der Waals surface area contributed by atoms with Gasteiger partial charge in [0.05, 0.1) is 18.3 Å². The molecule has 9 heteroatoms. The second-order valence-corrected chi connectivity index (χ2v) is 3.96. The lowest BCUT2D eigenvalue weighted by Crippen LogP contribution is -2.21. The summed E-state index contributed by atoms with van der Waals surface area (Å²) in [5.74, 6) is -0.135. The highest BCUT2D eigenvalue weighted by Crippen LogP contribution is 2.32. The summed E-state index contributed by atoms with van der Waals surface area (Å²) in [6.45, 7) is -0.284. The Balaban J connectivity index is 3.03. The second-order valence-electron chi connectivity index (χ2n) is 3.55. The van der Waals surface area contributed by atoms with Crippen LogP contribution in [0, 0.1) is 0 Å². The Morgan fingerprint density at radius 1 is 1.35 bits per heavy atom. The minimum absolute atomic E-state index is 0.175. The molecule has 0 spiro atoms. The fraction of sp³-hybridized carbons (Fsp3) is 0.182. The molecular formula is C11H14ClN5O3. The molecule has 0 aliphatic carbocycles. The highest BCUT2D eigenvalue weighted by atomic mass is 35.5. The van der Waals surface area contributed by atoms with E-state index < -0.39 is 5.91 Å². The Bertz CT molecular complexity index is 555. The van der Waals surface area contributed by atoms with Gasteiger partial charge in [0, 0.05) is 11.6 Å². The number of nitrogens with zero attached hydrogens (tertiary/aromatic N) is 2. The van der Waals surface area contributed by atoms with Crippen molar-refractivity contribution >= 4 is 29.7 Å². The van der Waals surface area contributed by atoms with Crippen LogP contribution in [0.2, 0.25) is 5.02 Å².